The molecule has 0 radical (unpaired) electrons. The van der Waals surface area contributed by atoms with Gasteiger partial charge in [-0.3, -0.25) is 0 Å². The smallest absolute Gasteiger partial charge is 0.328 e. The molecule has 1 atom stereocenters. The first kappa shape index (κ1) is 15.8. The molecule has 0 spiro atoms. The summed E-state index contributed by atoms with van der Waals surface area (Å²) in [5.74, 6) is 0.0583. The van der Waals surface area contributed by atoms with E-state index in [4.69, 9.17) is 10.2 Å². The first-order valence-electron chi connectivity index (χ1n) is 6.94. The van der Waals surface area contributed by atoms with E-state index in [0.29, 0.717) is 12.5 Å². The largest absolute Gasteiger partial charge is 0.480 e. The summed E-state index contributed by atoms with van der Waals surface area (Å²) >= 11 is 0. The summed E-state index contributed by atoms with van der Waals surface area (Å²) in [4.78, 5) is 22.1. The first-order chi connectivity index (χ1) is 9.06. The molecule has 0 saturated heterocycles. The molecule has 1 rings (SSSR count). The minimum absolute atomic E-state index is 0.478. The van der Waals surface area contributed by atoms with Crippen molar-refractivity contribution in [2.75, 3.05) is 13.2 Å². The molecule has 19 heavy (non-hydrogen) atoms. The highest BCUT2D eigenvalue weighted by Crippen LogP contribution is 2.29. The predicted octanol–water partition coefficient (Wildman–Crippen LogP) is 0.947. The molecule has 6 heteroatoms. The van der Waals surface area contributed by atoms with E-state index in [2.05, 4.69) is 17.6 Å². The zero-order valence-electron chi connectivity index (χ0n) is 11.4. The molecule has 0 aliphatic heterocycles. The number of nitrogens with one attached hydrogen (secondary N) is 2. The number of aliphatic hydroxyl groups is 1. The maximum Gasteiger partial charge on any atom is 0.328 e. The molecule has 2 amide bonds. The first-order valence-corrected chi connectivity index (χ1v) is 6.94. The van der Waals surface area contributed by atoms with Gasteiger partial charge in [0.15, 0.2) is 6.04 Å². The number of rotatable bonds is 6. The minimum Gasteiger partial charge on any atom is -0.480 e. The van der Waals surface area contributed by atoms with Gasteiger partial charge in [0.25, 0.3) is 0 Å². The Hall–Kier alpha value is -1.30. The van der Waals surface area contributed by atoms with Gasteiger partial charge in [-0.1, -0.05) is 26.2 Å². The van der Waals surface area contributed by atoms with Crippen LogP contribution in [0.5, 0.6) is 0 Å². The summed E-state index contributed by atoms with van der Waals surface area (Å²) in [6, 6.07) is -1.77. The number of urea groups is 1. The quantitative estimate of drug-likeness (QED) is 0.578. The maximum atomic E-state index is 11.5. The van der Waals surface area contributed by atoms with Crippen molar-refractivity contribution >= 4 is 12.0 Å². The van der Waals surface area contributed by atoms with Crippen LogP contribution >= 0.6 is 0 Å². The molecular weight excluding hydrogens is 248 g/mol. The highest BCUT2D eigenvalue weighted by atomic mass is 16.4. The van der Waals surface area contributed by atoms with Crippen LogP contribution in [0.2, 0.25) is 0 Å². The lowest BCUT2D eigenvalue weighted by Gasteiger charge is -2.28. The van der Waals surface area contributed by atoms with Gasteiger partial charge in [0.05, 0.1) is 6.61 Å². The third-order valence-corrected chi connectivity index (χ3v) is 3.88. The number of carboxylic acids is 1. The van der Waals surface area contributed by atoms with Crippen molar-refractivity contribution < 1.29 is 19.8 Å². The summed E-state index contributed by atoms with van der Waals surface area (Å²) in [6.45, 7) is 2.17. The molecule has 0 bridgehead atoms. The van der Waals surface area contributed by atoms with E-state index >= 15 is 0 Å². The van der Waals surface area contributed by atoms with Crippen molar-refractivity contribution in [1.29, 1.82) is 0 Å². The third-order valence-electron chi connectivity index (χ3n) is 3.88. The van der Waals surface area contributed by atoms with E-state index in [9.17, 15) is 9.59 Å². The normalized spacial score (nSPS) is 24.5. The zero-order valence-corrected chi connectivity index (χ0v) is 11.4. The monoisotopic (exact) mass is 272 g/mol. The molecule has 110 valence electrons. The lowest BCUT2D eigenvalue weighted by atomic mass is 9.81. The Labute approximate surface area is 113 Å². The number of aliphatic carboxylic acids is 1. The number of carbonyl (C=O) groups is 2. The lowest BCUT2D eigenvalue weighted by Crippen LogP contribution is -2.48. The van der Waals surface area contributed by atoms with E-state index < -0.39 is 24.6 Å². The number of carbonyl (C=O) groups excluding carboxylic acids is 1. The van der Waals surface area contributed by atoms with Gasteiger partial charge >= 0.3 is 12.0 Å². The summed E-state index contributed by atoms with van der Waals surface area (Å²) in [5.41, 5.74) is 0. The number of amides is 2. The molecule has 1 saturated carbocycles. The van der Waals surface area contributed by atoms with E-state index in [0.717, 1.165) is 18.8 Å². The number of aliphatic hydroxyl groups excluding tert-OH is 1. The van der Waals surface area contributed by atoms with Gasteiger partial charge in [-0.2, -0.15) is 0 Å². The van der Waals surface area contributed by atoms with Crippen LogP contribution in [0.25, 0.3) is 0 Å². The summed E-state index contributed by atoms with van der Waals surface area (Å²) in [6.07, 6.45) is 5.86. The van der Waals surface area contributed by atoms with Crippen molar-refractivity contribution in [3.05, 3.63) is 0 Å². The number of hydrogen-bond donors (Lipinski definition) is 4. The van der Waals surface area contributed by atoms with Gasteiger partial charge in [-0.25, -0.2) is 9.59 Å². The topological polar surface area (TPSA) is 98.7 Å². The summed E-state index contributed by atoms with van der Waals surface area (Å²) in [5, 5.41) is 22.4. The highest BCUT2D eigenvalue weighted by molar-refractivity contribution is 5.82. The fraction of sp³-hybridized carbons (Fsp3) is 0.846. The number of hydrogen-bond acceptors (Lipinski definition) is 3. The second kappa shape index (κ2) is 7.99. The van der Waals surface area contributed by atoms with Crippen LogP contribution in [0, 0.1) is 11.8 Å². The fourth-order valence-corrected chi connectivity index (χ4v) is 2.48. The molecule has 1 aliphatic rings. The van der Waals surface area contributed by atoms with Crippen molar-refractivity contribution in [2.24, 2.45) is 11.8 Å². The molecule has 0 aromatic carbocycles. The Morgan fingerprint density at radius 2 is 1.79 bits per heavy atom. The van der Waals surface area contributed by atoms with E-state index in [-0.39, 0.29) is 0 Å². The standard InChI is InChI=1S/C13H24N2O4/c1-2-9-3-5-10(6-4-9)7-14-13(19)15-11(8-16)12(17)18/h9-11,16H,2-8H2,1H3,(H,17,18)(H2,14,15,19)/t9?,10?,11-/m1/s1. The van der Waals surface area contributed by atoms with E-state index in [1.54, 1.807) is 0 Å². The van der Waals surface area contributed by atoms with Gasteiger partial charge in [-0.05, 0) is 24.7 Å². The molecule has 0 aromatic rings. The van der Waals surface area contributed by atoms with Crippen LogP contribution < -0.4 is 10.6 Å². The molecule has 4 N–H and O–H groups in total. The summed E-state index contributed by atoms with van der Waals surface area (Å²) < 4.78 is 0. The average Bonchev–Trinajstić information content (AvgIpc) is 2.42. The van der Waals surface area contributed by atoms with Gasteiger partial charge in [0.2, 0.25) is 0 Å². The Balaban J connectivity index is 2.22. The molecule has 0 heterocycles. The third kappa shape index (κ3) is 5.46. The Kier molecular flexibility index (Phi) is 6.62. The van der Waals surface area contributed by atoms with Gasteiger partial charge < -0.3 is 20.8 Å². The van der Waals surface area contributed by atoms with Crippen molar-refractivity contribution in [2.45, 2.75) is 45.1 Å². The Morgan fingerprint density at radius 1 is 1.21 bits per heavy atom. The van der Waals surface area contributed by atoms with Crippen LogP contribution in [0.4, 0.5) is 4.79 Å². The Morgan fingerprint density at radius 3 is 2.26 bits per heavy atom. The molecule has 0 unspecified atom stereocenters. The maximum absolute atomic E-state index is 11.5. The second-order valence-electron chi connectivity index (χ2n) is 5.22. The molecule has 6 nitrogen and oxygen atoms in total. The fourth-order valence-electron chi connectivity index (χ4n) is 2.48. The lowest BCUT2D eigenvalue weighted by molar-refractivity contribution is -0.140. The van der Waals surface area contributed by atoms with Gasteiger partial charge in [-0.15, -0.1) is 0 Å². The van der Waals surface area contributed by atoms with Crippen LogP contribution in [0.1, 0.15) is 39.0 Å². The van der Waals surface area contributed by atoms with Crippen LogP contribution in [0.15, 0.2) is 0 Å². The molecular formula is C13H24N2O4. The molecule has 1 aliphatic carbocycles. The van der Waals surface area contributed by atoms with Crippen molar-refractivity contribution in [3.8, 4) is 0 Å². The zero-order chi connectivity index (χ0) is 14.3. The van der Waals surface area contributed by atoms with Gasteiger partial charge in [0, 0.05) is 6.54 Å². The van der Waals surface area contributed by atoms with Crippen molar-refractivity contribution in [3.63, 3.8) is 0 Å². The van der Waals surface area contributed by atoms with E-state index in [1.165, 1.54) is 19.3 Å². The molecule has 1 fully saturated rings. The SMILES string of the molecule is CCC1CCC(CNC(=O)N[C@H](CO)C(=O)O)CC1. The van der Waals surface area contributed by atoms with Crippen LogP contribution in [-0.2, 0) is 4.79 Å². The van der Waals surface area contributed by atoms with Gasteiger partial charge in [0.1, 0.15) is 0 Å². The second-order valence-corrected chi connectivity index (χ2v) is 5.22. The average molecular weight is 272 g/mol. The van der Waals surface area contributed by atoms with Crippen LogP contribution in [-0.4, -0.2) is 41.4 Å². The molecule has 0 aromatic heterocycles. The highest BCUT2D eigenvalue weighted by Gasteiger charge is 2.22. The van der Waals surface area contributed by atoms with Crippen molar-refractivity contribution in [1.82, 2.24) is 10.6 Å². The summed E-state index contributed by atoms with van der Waals surface area (Å²) in [7, 11) is 0. The number of carboxylic acid groups (broad SMARTS) is 1. The minimum atomic E-state index is -1.24. The van der Waals surface area contributed by atoms with E-state index in [1.807, 2.05) is 0 Å². The predicted molar refractivity (Wildman–Crippen MR) is 70.8 cm³/mol. The Bertz CT molecular complexity index is 301. The van der Waals surface area contributed by atoms with Crippen LogP contribution in [0.3, 0.4) is 0 Å².